The molecule has 5 nitrogen and oxygen atoms in total. The molecule has 1 aliphatic heterocycles. The molecule has 0 bridgehead atoms. The van der Waals surface area contributed by atoms with Crippen molar-refractivity contribution in [3.8, 4) is 0 Å². The summed E-state index contributed by atoms with van der Waals surface area (Å²) in [6.07, 6.45) is 0. The van der Waals surface area contributed by atoms with Gasteiger partial charge in [0.2, 0.25) is 0 Å². The lowest BCUT2D eigenvalue weighted by Crippen LogP contribution is -2.44. The molecule has 0 spiro atoms. The van der Waals surface area contributed by atoms with Crippen LogP contribution in [0.3, 0.4) is 0 Å². The van der Waals surface area contributed by atoms with Gasteiger partial charge in [-0.15, -0.1) is 0 Å². The average molecular weight is 504 g/mol. The Balaban J connectivity index is 1.60. The Morgan fingerprint density at radius 3 is 2.24 bits per heavy atom. The number of halogens is 1. The van der Waals surface area contributed by atoms with Gasteiger partial charge in [-0.3, -0.25) is 9.69 Å². The number of nitrogens with zero attached hydrogens (tertiary/aromatic N) is 2. The van der Waals surface area contributed by atoms with Gasteiger partial charge < -0.3 is 10.4 Å². The number of pyridine rings is 1. The second kappa shape index (κ2) is 9.39. The Bertz CT molecular complexity index is 1640. The van der Waals surface area contributed by atoms with Crippen LogP contribution in [0, 0.1) is 12.7 Å². The number of amides is 1. The molecule has 6 rings (SSSR count). The van der Waals surface area contributed by atoms with Crippen LogP contribution < -0.4 is 5.32 Å². The predicted octanol–water partition coefficient (Wildman–Crippen LogP) is 6.14. The minimum absolute atomic E-state index is 0.160. The second-order valence-corrected chi connectivity index (χ2v) is 9.63. The van der Waals surface area contributed by atoms with Gasteiger partial charge in [0, 0.05) is 24.0 Å². The van der Waals surface area contributed by atoms with Gasteiger partial charge in [-0.05, 0) is 42.3 Å². The van der Waals surface area contributed by atoms with Crippen molar-refractivity contribution in [3.05, 3.63) is 142 Å². The van der Waals surface area contributed by atoms with Gasteiger partial charge in [-0.2, -0.15) is 0 Å². The number of rotatable bonds is 6. The van der Waals surface area contributed by atoms with E-state index in [9.17, 15) is 14.3 Å². The Labute approximate surface area is 220 Å². The number of aliphatic hydroxyl groups is 1. The summed E-state index contributed by atoms with van der Waals surface area (Å²) in [5, 5.41) is 16.7. The fraction of sp³-hybridized carbons (Fsp3) is 0.125. The Kier molecular flexibility index (Phi) is 5.89. The maximum Gasteiger partial charge on any atom is 0.258 e. The smallest absolute Gasteiger partial charge is 0.258 e. The van der Waals surface area contributed by atoms with Crippen molar-refractivity contribution in [3.63, 3.8) is 0 Å². The number of nitrogens with one attached hydrogen (secondary N) is 1. The summed E-state index contributed by atoms with van der Waals surface area (Å²) in [6, 6.07) is 30.8. The van der Waals surface area contributed by atoms with E-state index in [0.717, 1.165) is 16.7 Å². The minimum atomic E-state index is -1.88. The van der Waals surface area contributed by atoms with Crippen LogP contribution in [0.1, 0.15) is 38.2 Å². The molecule has 188 valence electrons. The number of anilines is 1. The fourth-order valence-electron chi connectivity index (χ4n) is 5.20. The van der Waals surface area contributed by atoms with Crippen molar-refractivity contribution >= 4 is 22.6 Å². The van der Waals surface area contributed by atoms with E-state index < -0.39 is 11.5 Å². The van der Waals surface area contributed by atoms with E-state index in [0.29, 0.717) is 40.0 Å². The van der Waals surface area contributed by atoms with Crippen molar-refractivity contribution in [1.29, 1.82) is 0 Å². The maximum atomic E-state index is 14.2. The molecular formula is C32H26FN3O2. The van der Waals surface area contributed by atoms with E-state index in [1.807, 2.05) is 85.8 Å². The zero-order chi connectivity index (χ0) is 26.3. The molecule has 4 aromatic carbocycles. The van der Waals surface area contributed by atoms with Crippen LogP contribution in [-0.4, -0.2) is 20.9 Å². The lowest BCUT2D eigenvalue weighted by Gasteiger charge is -2.35. The first-order valence-corrected chi connectivity index (χ1v) is 12.5. The lowest BCUT2D eigenvalue weighted by molar-refractivity contribution is -0.0540. The summed E-state index contributed by atoms with van der Waals surface area (Å²) in [4.78, 5) is 20.6. The number of hydrogen-bond donors (Lipinski definition) is 2. The summed E-state index contributed by atoms with van der Waals surface area (Å²) in [5.74, 6) is -0.321. The molecule has 5 aromatic rings. The lowest BCUT2D eigenvalue weighted by atomic mass is 9.91. The summed E-state index contributed by atoms with van der Waals surface area (Å²) >= 11 is 0. The van der Waals surface area contributed by atoms with Crippen molar-refractivity contribution < 1.29 is 14.3 Å². The van der Waals surface area contributed by atoms with E-state index in [1.165, 1.54) is 29.2 Å². The van der Waals surface area contributed by atoms with Crippen molar-refractivity contribution in [2.24, 2.45) is 0 Å². The van der Waals surface area contributed by atoms with Crippen molar-refractivity contribution in [2.75, 3.05) is 5.32 Å². The van der Waals surface area contributed by atoms with E-state index in [-0.39, 0.29) is 12.5 Å². The van der Waals surface area contributed by atoms with Crippen LogP contribution in [0.4, 0.5) is 10.2 Å². The number of hydrogen-bond acceptors (Lipinski definition) is 4. The van der Waals surface area contributed by atoms with Crippen LogP contribution >= 0.6 is 0 Å². The highest BCUT2D eigenvalue weighted by molar-refractivity contribution is 6.12. The standard InChI is InChI=1S/C32H26FN3O2/c1-21-12-17-27-26(18-21)28-29(30(35-27)34-19-22-8-4-2-5-9-22)32(38,24-13-15-25(33)16-14-24)36(31(28)37)20-23-10-6-3-7-11-23/h2-18,38H,19-20H2,1H3,(H,34,35)/t32-/m0/s1. The normalized spacial score (nSPS) is 16.6. The largest absolute Gasteiger partial charge is 0.366 e. The molecular weight excluding hydrogens is 477 g/mol. The molecule has 1 aliphatic rings. The van der Waals surface area contributed by atoms with E-state index >= 15 is 0 Å². The van der Waals surface area contributed by atoms with Crippen molar-refractivity contribution in [1.82, 2.24) is 9.88 Å². The first kappa shape index (κ1) is 23.8. The number of fused-ring (bicyclic) bond motifs is 3. The number of benzene rings is 4. The number of carbonyl (C=O) groups excluding carboxylic acids is 1. The Morgan fingerprint density at radius 2 is 1.55 bits per heavy atom. The van der Waals surface area contributed by atoms with Crippen molar-refractivity contribution in [2.45, 2.75) is 25.7 Å². The predicted molar refractivity (Wildman–Crippen MR) is 146 cm³/mol. The van der Waals surface area contributed by atoms with Gasteiger partial charge in [0.05, 0.1) is 16.6 Å². The van der Waals surface area contributed by atoms with Crippen LogP contribution in [0.5, 0.6) is 0 Å². The van der Waals surface area contributed by atoms with E-state index in [4.69, 9.17) is 4.98 Å². The molecule has 0 fully saturated rings. The fourth-order valence-corrected chi connectivity index (χ4v) is 5.20. The highest BCUT2D eigenvalue weighted by atomic mass is 19.1. The molecule has 0 saturated carbocycles. The highest BCUT2D eigenvalue weighted by Gasteiger charge is 2.53. The summed E-state index contributed by atoms with van der Waals surface area (Å²) in [6.45, 7) is 2.57. The van der Waals surface area contributed by atoms with E-state index in [1.54, 1.807) is 0 Å². The molecule has 0 radical (unpaired) electrons. The van der Waals surface area contributed by atoms with Gasteiger partial charge in [0.1, 0.15) is 11.6 Å². The number of aromatic nitrogens is 1. The molecule has 0 unspecified atom stereocenters. The van der Waals surface area contributed by atoms with Gasteiger partial charge in [0.25, 0.3) is 5.91 Å². The summed E-state index contributed by atoms with van der Waals surface area (Å²) < 4.78 is 14.0. The number of carbonyl (C=O) groups is 1. The second-order valence-electron chi connectivity index (χ2n) is 9.63. The van der Waals surface area contributed by atoms with E-state index in [2.05, 4.69) is 5.32 Å². The quantitative estimate of drug-likeness (QED) is 0.292. The Hall–Kier alpha value is -4.55. The van der Waals surface area contributed by atoms with Crippen LogP contribution in [-0.2, 0) is 18.8 Å². The molecule has 6 heteroatoms. The molecule has 2 N–H and O–H groups in total. The third-order valence-electron chi connectivity index (χ3n) is 7.07. The van der Waals surface area contributed by atoms with Crippen LogP contribution in [0.25, 0.3) is 10.9 Å². The first-order valence-electron chi connectivity index (χ1n) is 12.5. The summed E-state index contributed by atoms with van der Waals surface area (Å²) in [5.41, 5.74) is 2.81. The molecule has 1 amide bonds. The van der Waals surface area contributed by atoms with Gasteiger partial charge in [-0.25, -0.2) is 9.37 Å². The zero-order valence-electron chi connectivity index (χ0n) is 20.9. The molecule has 2 heterocycles. The highest BCUT2D eigenvalue weighted by Crippen LogP contribution is 2.48. The maximum absolute atomic E-state index is 14.2. The third-order valence-corrected chi connectivity index (χ3v) is 7.07. The zero-order valence-corrected chi connectivity index (χ0v) is 20.9. The SMILES string of the molecule is Cc1ccc2nc(NCc3ccccc3)c3c(c2c1)C(=O)N(Cc1ccccc1)[C@]3(O)c1ccc(F)cc1. The third kappa shape index (κ3) is 3.99. The topological polar surface area (TPSA) is 65.5 Å². The molecule has 1 atom stereocenters. The number of aryl methyl sites for hydroxylation is 1. The minimum Gasteiger partial charge on any atom is -0.366 e. The summed E-state index contributed by atoms with van der Waals surface area (Å²) in [7, 11) is 0. The molecule has 38 heavy (non-hydrogen) atoms. The molecule has 0 saturated heterocycles. The van der Waals surface area contributed by atoms with Gasteiger partial charge in [0.15, 0.2) is 5.72 Å². The van der Waals surface area contributed by atoms with Crippen LogP contribution in [0.2, 0.25) is 0 Å². The van der Waals surface area contributed by atoms with Gasteiger partial charge >= 0.3 is 0 Å². The van der Waals surface area contributed by atoms with Crippen LogP contribution in [0.15, 0.2) is 103 Å². The Morgan fingerprint density at radius 1 is 0.895 bits per heavy atom. The van der Waals surface area contributed by atoms with Gasteiger partial charge in [-0.1, -0.05) is 84.4 Å². The molecule has 0 aliphatic carbocycles. The first-order chi connectivity index (χ1) is 18.4. The monoisotopic (exact) mass is 503 g/mol. The molecule has 1 aromatic heterocycles. The average Bonchev–Trinajstić information content (AvgIpc) is 3.16.